The maximum Gasteiger partial charge on any atom is 0.262 e. The van der Waals surface area contributed by atoms with Crippen LogP contribution in [0.3, 0.4) is 0 Å². The molecule has 4 N–H and O–H groups in total. The van der Waals surface area contributed by atoms with Gasteiger partial charge < -0.3 is 20.5 Å². The molecule has 1 rings (SSSR count). The van der Waals surface area contributed by atoms with Crippen molar-refractivity contribution in [1.82, 2.24) is 10.7 Å². The molecule has 0 saturated heterocycles. The zero-order valence-electron chi connectivity index (χ0n) is 15.6. The van der Waals surface area contributed by atoms with Crippen molar-refractivity contribution in [3.05, 3.63) is 40.4 Å². The van der Waals surface area contributed by atoms with Crippen molar-refractivity contribution in [2.24, 2.45) is 5.10 Å². The molecule has 0 heterocycles. The van der Waals surface area contributed by atoms with E-state index in [0.717, 1.165) is 11.6 Å². The number of hydrazone groups is 1. The van der Waals surface area contributed by atoms with Crippen molar-refractivity contribution in [3.8, 4) is 0 Å². The SMILES string of the molecule is CC(=O)N/N=C(\C)c1ccc(NC(=O)/C(Br)=C\C(=O)NCCOCCO)cc1. The molecule has 0 aliphatic carbocycles. The number of nitrogens with one attached hydrogen (secondary N) is 3. The van der Waals surface area contributed by atoms with Crippen molar-refractivity contribution in [2.45, 2.75) is 13.8 Å². The van der Waals surface area contributed by atoms with Crippen LogP contribution in [0.5, 0.6) is 0 Å². The lowest BCUT2D eigenvalue weighted by Crippen LogP contribution is -2.26. The van der Waals surface area contributed by atoms with Crippen LogP contribution >= 0.6 is 15.9 Å². The number of aliphatic hydroxyl groups is 1. The van der Waals surface area contributed by atoms with Crippen LogP contribution in [0.15, 0.2) is 39.9 Å². The van der Waals surface area contributed by atoms with Crippen LogP contribution in [-0.2, 0) is 19.1 Å². The minimum absolute atomic E-state index is 0.0637. The predicted octanol–water partition coefficient (Wildman–Crippen LogP) is 0.889. The summed E-state index contributed by atoms with van der Waals surface area (Å²) < 4.78 is 5.08. The number of nitrogens with zero attached hydrogens (tertiary/aromatic N) is 1. The lowest BCUT2D eigenvalue weighted by atomic mass is 10.1. The van der Waals surface area contributed by atoms with Crippen LogP contribution in [0.1, 0.15) is 19.4 Å². The van der Waals surface area contributed by atoms with E-state index >= 15 is 0 Å². The molecule has 1 aromatic rings. The Hall–Kier alpha value is -2.56. The summed E-state index contributed by atoms with van der Waals surface area (Å²) in [6, 6.07) is 6.84. The molecular formula is C18H23BrN4O5. The van der Waals surface area contributed by atoms with E-state index < -0.39 is 11.8 Å². The Morgan fingerprint density at radius 3 is 2.46 bits per heavy atom. The first-order chi connectivity index (χ1) is 13.3. The lowest BCUT2D eigenvalue weighted by Gasteiger charge is -2.07. The fourth-order valence-corrected chi connectivity index (χ4v) is 2.16. The van der Waals surface area contributed by atoms with Gasteiger partial charge in [-0.15, -0.1) is 0 Å². The number of ether oxygens (including phenoxy) is 1. The van der Waals surface area contributed by atoms with Crippen LogP contribution in [0.2, 0.25) is 0 Å². The zero-order valence-corrected chi connectivity index (χ0v) is 17.2. The number of hydrogen-bond acceptors (Lipinski definition) is 6. The van der Waals surface area contributed by atoms with Crippen molar-refractivity contribution in [3.63, 3.8) is 0 Å². The van der Waals surface area contributed by atoms with Gasteiger partial charge in [-0.2, -0.15) is 5.10 Å². The van der Waals surface area contributed by atoms with Gasteiger partial charge in [0.2, 0.25) is 11.8 Å². The molecule has 0 unspecified atom stereocenters. The molecule has 152 valence electrons. The first kappa shape index (κ1) is 23.5. The van der Waals surface area contributed by atoms with Crippen LogP contribution in [0, 0.1) is 0 Å². The third-order valence-electron chi connectivity index (χ3n) is 3.20. The molecule has 3 amide bonds. The van der Waals surface area contributed by atoms with Gasteiger partial charge in [0.25, 0.3) is 5.91 Å². The van der Waals surface area contributed by atoms with E-state index in [1.807, 2.05) is 0 Å². The minimum atomic E-state index is -0.483. The Morgan fingerprint density at radius 1 is 1.18 bits per heavy atom. The normalized spacial score (nSPS) is 11.7. The number of amides is 3. The standard InChI is InChI=1S/C18H23BrN4O5/c1-12(22-23-13(2)25)14-3-5-15(6-4-14)21-18(27)16(19)11-17(26)20-7-9-28-10-8-24/h3-6,11,24H,7-10H2,1-2H3,(H,20,26)(H,21,27)(H,23,25)/b16-11+,22-12+. The molecule has 28 heavy (non-hydrogen) atoms. The first-order valence-electron chi connectivity index (χ1n) is 8.39. The van der Waals surface area contributed by atoms with Crippen LogP contribution in [0.25, 0.3) is 0 Å². The van der Waals surface area contributed by atoms with Crippen molar-refractivity contribution >= 4 is 45.1 Å². The lowest BCUT2D eigenvalue weighted by molar-refractivity contribution is -0.119. The molecule has 0 atom stereocenters. The summed E-state index contributed by atoms with van der Waals surface area (Å²) in [5, 5.41) is 17.7. The molecule has 0 aliphatic heterocycles. The van der Waals surface area contributed by atoms with Crippen LogP contribution in [0.4, 0.5) is 5.69 Å². The second-order valence-corrected chi connectivity index (χ2v) is 6.37. The van der Waals surface area contributed by atoms with Gasteiger partial charge in [0.05, 0.1) is 30.0 Å². The molecule has 9 nitrogen and oxygen atoms in total. The van der Waals surface area contributed by atoms with Crippen LogP contribution < -0.4 is 16.1 Å². The number of aliphatic hydroxyl groups excluding tert-OH is 1. The third-order valence-corrected chi connectivity index (χ3v) is 3.79. The summed E-state index contributed by atoms with van der Waals surface area (Å²) in [5.41, 5.74) is 4.29. The summed E-state index contributed by atoms with van der Waals surface area (Å²) in [5.74, 6) is -1.19. The van der Waals surface area contributed by atoms with E-state index in [4.69, 9.17) is 9.84 Å². The molecule has 0 radical (unpaired) electrons. The Balaban J connectivity index is 2.55. The zero-order chi connectivity index (χ0) is 20.9. The van der Waals surface area contributed by atoms with Crippen LogP contribution in [-0.4, -0.2) is 54.9 Å². The van der Waals surface area contributed by atoms with Gasteiger partial charge in [-0.05, 0) is 40.5 Å². The fraction of sp³-hybridized carbons (Fsp3) is 0.333. The monoisotopic (exact) mass is 454 g/mol. The second kappa shape index (κ2) is 12.8. The van der Waals surface area contributed by atoms with E-state index in [0.29, 0.717) is 11.4 Å². The van der Waals surface area contributed by atoms with E-state index in [2.05, 4.69) is 37.1 Å². The molecule has 0 bridgehead atoms. The number of carbonyl (C=O) groups excluding carboxylic acids is 3. The Kier molecular flexibility index (Phi) is 10.7. The van der Waals surface area contributed by atoms with Gasteiger partial charge in [-0.25, -0.2) is 5.43 Å². The summed E-state index contributed by atoms with van der Waals surface area (Å²) in [7, 11) is 0. The number of carbonyl (C=O) groups is 3. The Labute approximate surface area is 171 Å². The van der Waals surface area contributed by atoms with Gasteiger partial charge >= 0.3 is 0 Å². The first-order valence-corrected chi connectivity index (χ1v) is 9.19. The molecule has 0 aromatic heterocycles. The smallest absolute Gasteiger partial charge is 0.262 e. The molecule has 1 aromatic carbocycles. The number of benzene rings is 1. The molecule has 10 heteroatoms. The Morgan fingerprint density at radius 2 is 1.86 bits per heavy atom. The highest BCUT2D eigenvalue weighted by Gasteiger charge is 2.09. The highest BCUT2D eigenvalue weighted by molar-refractivity contribution is 9.12. The largest absolute Gasteiger partial charge is 0.394 e. The van der Waals surface area contributed by atoms with Crippen molar-refractivity contribution < 1.29 is 24.2 Å². The van der Waals surface area contributed by atoms with E-state index in [9.17, 15) is 14.4 Å². The number of halogens is 1. The highest BCUT2D eigenvalue weighted by atomic mass is 79.9. The summed E-state index contributed by atoms with van der Waals surface area (Å²) >= 11 is 3.07. The van der Waals surface area contributed by atoms with Gasteiger partial charge in [-0.1, -0.05) is 12.1 Å². The highest BCUT2D eigenvalue weighted by Crippen LogP contribution is 2.14. The topological polar surface area (TPSA) is 129 Å². The summed E-state index contributed by atoms with van der Waals surface area (Å²) in [6.07, 6.45) is 1.12. The maximum atomic E-state index is 12.1. The molecule has 0 spiro atoms. The minimum Gasteiger partial charge on any atom is -0.394 e. The maximum absolute atomic E-state index is 12.1. The van der Waals surface area contributed by atoms with Gasteiger partial charge in [0.15, 0.2) is 0 Å². The second-order valence-electron chi connectivity index (χ2n) is 5.52. The van der Waals surface area contributed by atoms with E-state index in [1.54, 1.807) is 31.2 Å². The van der Waals surface area contributed by atoms with E-state index in [1.165, 1.54) is 6.92 Å². The number of anilines is 1. The van der Waals surface area contributed by atoms with E-state index in [-0.39, 0.29) is 36.8 Å². The summed E-state index contributed by atoms with van der Waals surface area (Å²) in [4.78, 5) is 34.7. The average molecular weight is 455 g/mol. The Bertz CT molecular complexity index is 747. The number of hydrogen-bond donors (Lipinski definition) is 4. The molecule has 0 saturated carbocycles. The molecule has 0 fully saturated rings. The molecular weight excluding hydrogens is 432 g/mol. The third kappa shape index (κ3) is 9.40. The van der Waals surface area contributed by atoms with Crippen molar-refractivity contribution in [2.75, 3.05) is 31.7 Å². The van der Waals surface area contributed by atoms with Gasteiger partial charge in [-0.3, -0.25) is 14.4 Å². The summed E-state index contributed by atoms with van der Waals surface area (Å²) in [6.45, 7) is 3.76. The van der Waals surface area contributed by atoms with Gasteiger partial charge in [0.1, 0.15) is 0 Å². The predicted molar refractivity (Wildman–Crippen MR) is 109 cm³/mol. The van der Waals surface area contributed by atoms with Gasteiger partial charge in [0, 0.05) is 25.2 Å². The quantitative estimate of drug-likeness (QED) is 0.180. The molecule has 0 aliphatic rings. The number of rotatable bonds is 10. The fourth-order valence-electron chi connectivity index (χ4n) is 1.86. The van der Waals surface area contributed by atoms with Crippen molar-refractivity contribution in [1.29, 1.82) is 0 Å². The average Bonchev–Trinajstić information content (AvgIpc) is 2.66.